The van der Waals surface area contributed by atoms with Gasteiger partial charge in [-0.1, -0.05) is 35.9 Å². The minimum Gasteiger partial charge on any atom is -0.348 e. The lowest BCUT2D eigenvalue weighted by Crippen LogP contribution is -2.44. The molecule has 1 aliphatic rings. The molecule has 0 bridgehead atoms. The van der Waals surface area contributed by atoms with Gasteiger partial charge in [0.15, 0.2) is 0 Å². The number of hydrogen-bond acceptors (Lipinski definition) is 1. The van der Waals surface area contributed by atoms with Gasteiger partial charge in [0.1, 0.15) is 5.82 Å². The van der Waals surface area contributed by atoms with Gasteiger partial charge in [-0.05, 0) is 42.0 Å². The maximum Gasteiger partial charge on any atom is 0.322 e. The molecular formula is C20H17ClFN3O. The van der Waals surface area contributed by atoms with Gasteiger partial charge in [-0.25, -0.2) is 9.18 Å². The van der Waals surface area contributed by atoms with E-state index < -0.39 is 5.82 Å². The standard InChI is InChI=1S/C20H17ClFN3O/c21-15-9-7-14(8-10-15)19-18-6-3-11-24(18)12-13-25(19)20(26)23-17-5-2-1-4-16(17)22/h1-11,19H,12-13H2,(H,23,26)/t19-/m1/s1. The van der Waals surface area contributed by atoms with Crippen LogP contribution in [0.5, 0.6) is 0 Å². The fourth-order valence-electron chi connectivity index (χ4n) is 3.35. The fraction of sp³-hybridized carbons (Fsp3) is 0.150. The Balaban J connectivity index is 1.68. The Labute approximate surface area is 155 Å². The SMILES string of the molecule is O=C(Nc1ccccc1F)N1CCn2cccc2[C@H]1c1ccc(Cl)cc1. The van der Waals surface area contributed by atoms with Gasteiger partial charge in [-0.3, -0.25) is 0 Å². The number of anilines is 1. The van der Waals surface area contributed by atoms with Crippen molar-refractivity contribution in [2.24, 2.45) is 0 Å². The van der Waals surface area contributed by atoms with E-state index in [2.05, 4.69) is 9.88 Å². The Kier molecular flexibility index (Phi) is 4.39. The van der Waals surface area contributed by atoms with Crippen LogP contribution in [-0.4, -0.2) is 22.0 Å². The summed E-state index contributed by atoms with van der Waals surface area (Å²) in [6.07, 6.45) is 2.00. The zero-order chi connectivity index (χ0) is 18.1. The van der Waals surface area contributed by atoms with Crippen LogP contribution in [0.15, 0.2) is 66.9 Å². The zero-order valence-electron chi connectivity index (χ0n) is 13.9. The van der Waals surface area contributed by atoms with Crippen molar-refractivity contribution in [2.75, 3.05) is 11.9 Å². The van der Waals surface area contributed by atoms with E-state index in [9.17, 15) is 9.18 Å². The van der Waals surface area contributed by atoms with E-state index in [0.29, 0.717) is 18.1 Å². The second-order valence-electron chi connectivity index (χ2n) is 6.18. The number of rotatable bonds is 2. The Morgan fingerprint density at radius 3 is 2.58 bits per heavy atom. The molecule has 2 amide bonds. The van der Waals surface area contributed by atoms with Crippen molar-refractivity contribution in [3.63, 3.8) is 0 Å². The molecular weight excluding hydrogens is 353 g/mol. The summed E-state index contributed by atoms with van der Waals surface area (Å²) in [7, 11) is 0. The second kappa shape index (κ2) is 6.84. The Bertz CT molecular complexity index is 938. The van der Waals surface area contributed by atoms with Gasteiger partial charge in [0.2, 0.25) is 0 Å². The van der Waals surface area contributed by atoms with E-state index >= 15 is 0 Å². The predicted octanol–water partition coefficient (Wildman–Crippen LogP) is 4.92. The monoisotopic (exact) mass is 369 g/mol. The summed E-state index contributed by atoms with van der Waals surface area (Å²) in [6, 6.07) is 17.0. The highest BCUT2D eigenvalue weighted by molar-refractivity contribution is 6.30. The molecule has 26 heavy (non-hydrogen) atoms. The third kappa shape index (κ3) is 3.06. The number of amides is 2. The van der Waals surface area contributed by atoms with Crippen LogP contribution in [-0.2, 0) is 6.54 Å². The number of urea groups is 1. The molecule has 2 heterocycles. The molecule has 1 atom stereocenters. The lowest BCUT2D eigenvalue weighted by atomic mass is 10.0. The molecule has 0 radical (unpaired) electrons. The minimum absolute atomic E-state index is 0.174. The summed E-state index contributed by atoms with van der Waals surface area (Å²) >= 11 is 6.01. The number of para-hydroxylation sites is 1. The summed E-state index contributed by atoms with van der Waals surface area (Å²) in [5, 5.41) is 3.33. The topological polar surface area (TPSA) is 37.3 Å². The van der Waals surface area contributed by atoms with Crippen molar-refractivity contribution in [3.8, 4) is 0 Å². The fourth-order valence-corrected chi connectivity index (χ4v) is 3.47. The van der Waals surface area contributed by atoms with Crippen molar-refractivity contribution in [3.05, 3.63) is 89.0 Å². The van der Waals surface area contributed by atoms with E-state index in [0.717, 1.165) is 11.3 Å². The molecule has 6 heteroatoms. The van der Waals surface area contributed by atoms with Crippen LogP contribution in [0, 0.1) is 5.82 Å². The number of benzene rings is 2. The van der Waals surface area contributed by atoms with Crippen molar-refractivity contribution >= 4 is 23.3 Å². The first-order chi connectivity index (χ1) is 12.6. The first-order valence-electron chi connectivity index (χ1n) is 8.36. The highest BCUT2D eigenvalue weighted by Crippen LogP contribution is 2.33. The molecule has 1 N–H and O–H groups in total. The highest BCUT2D eigenvalue weighted by atomic mass is 35.5. The number of nitrogens with one attached hydrogen (secondary N) is 1. The minimum atomic E-state index is -0.454. The zero-order valence-corrected chi connectivity index (χ0v) is 14.7. The molecule has 4 nitrogen and oxygen atoms in total. The van der Waals surface area contributed by atoms with Crippen molar-refractivity contribution in [1.82, 2.24) is 9.47 Å². The van der Waals surface area contributed by atoms with E-state index in [-0.39, 0.29) is 17.8 Å². The van der Waals surface area contributed by atoms with E-state index in [1.54, 1.807) is 23.1 Å². The molecule has 4 rings (SSSR count). The van der Waals surface area contributed by atoms with Gasteiger partial charge in [0.05, 0.1) is 11.7 Å². The number of carbonyl (C=O) groups is 1. The molecule has 2 aromatic carbocycles. The van der Waals surface area contributed by atoms with Crippen molar-refractivity contribution in [1.29, 1.82) is 0 Å². The number of nitrogens with zero attached hydrogens (tertiary/aromatic N) is 2. The Morgan fingerprint density at radius 1 is 1.04 bits per heavy atom. The van der Waals surface area contributed by atoms with E-state index in [1.165, 1.54) is 6.07 Å². The quantitative estimate of drug-likeness (QED) is 0.684. The molecule has 132 valence electrons. The molecule has 1 aromatic heterocycles. The first kappa shape index (κ1) is 16.7. The Hall–Kier alpha value is -2.79. The van der Waals surface area contributed by atoms with Crippen LogP contribution in [0.3, 0.4) is 0 Å². The maximum absolute atomic E-state index is 13.9. The lowest BCUT2D eigenvalue weighted by molar-refractivity contribution is 0.181. The number of aromatic nitrogens is 1. The van der Waals surface area contributed by atoms with Crippen LogP contribution in [0.4, 0.5) is 14.9 Å². The predicted molar refractivity (Wildman–Crippen MR) is 99.9 cm³/mol. The third-order valence-corrected chi connectivity index (χ3v) is 4.85. The van der Waals surface area contributed by atoms with Gasteiger partial charge in [0, 0.05) is 30.0 Å². The summed E-state index contributed by atoms with van der Waals surface area (Å²) in [5.74, 6) is -0.454. The molecule has 0 fully saturated rings. The molecule has 0 spiro atoms. The molecule has 0 saturated heterocycles. The summed E-state index contributed by atoms with van der Waals surface area (Å²) in [6.45, 7) is 1.21. The largest absolute Gasteiger partial charge is 0.348 e. The number of fused-ring (bicyclic) bond motifs is 1. The Morgan fingerprint density at radius 2 is 1.81 bits per heavy atom. The van der Waals surface area contributed by atoms with Crippen LogP contribution in [0.25, 0.3) is 0 Å². The normalized spacial score (nSPS) is 16.2. The summed E-state index contributed by atoms with van der Waals surface area (Å²) < 4.78 is 16.1. The third-order valence-electron chi connectivity index (χ3n) is 4.60. The van der Waals surface area contributed by atoms with Crippen molar-refractivity contribution < 1.29 is 9.18 Å². The van der Waals surface area contributed by atoms with Gasteiger partial charge in [0.25, 0.3) is 0 Å². The van der Waals surface area contributed by atoms with E-state index in [4.69, 9.17) is 11.6 Å². The molecule has 1 aliphatic heterocycles. The summed E-state index contributed by atoms with van der Waals surface area (Å²) in [4.78, 5) is 14.6. The van der Waals surface area contributed by atoms with Crippen LogP contribution in [0.2, 0.25) is 5.02 Å². The highest BCUT2D eigenvalue weighted by Gasteiger charge is 2.32. The van der Waals surface area contributed by atoms with Crippen LogP contribution in [0.1, 0.15) is 17.3 Å². The number of hydrogen-bond donors (Lipinski definition) is 1. The smallest absolute Gasteiger partial charge is 0.322 e. The van der Waals surface area contributed by atoms with Crippen LogP contribution < -0.4 is 5.32 Å². The summed E-state index contributed by atoms with van der Waals surface area (Å²) in [5.41, 5.74) is 2.15. The average Bonchev–Trinajstić information content (AvgIpc) is 3.12. The number of halogens is 2. The molecule has 0 aliphatic carbocycles. The van der Waals surface area contributed by atoms with Crippen LogP contribution >= 0.6 is 11.6 Å². The average molecular weight is 370 g/mol. The first-order valence-corrected chi connectivity index (χ1v) is 8.74. The van der Waals surface area contributed by atoms with Gasteiger partial charge < -0.3 is 14.8 Å². The van der Waals surface area contributed by atoms with Gasteiger partial charge >= 0.3 is 6.03 Å². The molecule has 0 saturated carbocycles. The molecule has 3 aromatic rings. The van der Waals surface area contributed by atoms with Gasteiger partial charge in [-0.2, -0.15) is 0 Å². The van der Waals surface area contributed by atoms with Crippen molar-refractivity contribution in [2.45, 2.75) is 12.6 Å². The number of carbonyl (C=O) groups excluding carboxylic acids is 1. The maximum atomic E-state index is 13.9. The molecule has 0 unspecified atom stereocenters. The second-order valence-corrected chi connectivity index (χ2v) is 6.62. The lowest BCUT2D eigenvalue weighted by Gasteiger charge is -2.37. The van der Waals surface area contributed by atoms with Gasteiger partial charge in [-0.15, -0.1) is 0 Å². The van der Waals surface area contributed by atoms with E-state index in [1.807, 2.05) is 42.6 Å².